The SMILES string of the molecule is COC(=O)[C@]1(C)[C@H](c2ccc(OC)cc2)[C@@H](C=O)[C@@H](c2ccc([N+](=O)[O-])cc2)N1O. The molecule has 0 bridgehead atoms. The Morgan fingerprint density at radius 1 is 1.13 bits per heavy atom. The van der Waals surface area contributed by atoms with Gasteiger partial charge in [0.05, 0.1) is 25.2 Å². The quantitative estimate of drug-likeness (QED) is 0.332. The Morgan fingerprint density at radius 3 is 2.17 bits per heavy atom. The second kappa shape index (κ2) is 8.21. The Bertz CT molecular complexity index is 945. The molecule has 0 spiro atoms. The molecule has 9 nitrogen and oxygen atoms in total. The highest BCUT2D eigenvalue weighted by Gasteiger charge is 2.62. The number of benzene rings is 2. The van der Waals surface area contributed by atoms with Gasteiger partial charge in [0, 0.05) is 24.0 Å². The standard InChI is InChI=1S/C21H22N2O7/c1-21(20(25)30-3)18(13-6-10-16(29-2)11-7-13)17(12-24)19(22(21)26)14-4-8-15(9-5-14)23(27)28/h4-12,17-19,26H,1-3H3/t17-,18-,19-,21+/m1/s1. The van der Waals surface area contributed by atoms with Crippen LogP contribution in [0.3, 0.4) is 0 Å². The van der Waals surface area contributed by atoms with Gasteiger partial charge in [-0.15, -0.1) is 0 Å². The van der Waals surface area contributed by atoms with Gasteiger partial charge in [0.15, 0.2) is 0 Å². The van der Waals surface area contributed by atoms with Crippen LogP contribution in [0.25, 0.3) is 0 Å². The lowest BCUT2D eigenvalue weighted by molar-refractivity contribution is -0.384. The van der Waals surface area contributed by atoms with Gasteiger partial charge in [-0.1, -0.05) is 24.3 Å². The molecule has 1 aliphatic heterocycles. The van der Waals surface area contributed by atoms with E-state index < -0.39 is 34.3 Å². The number of esters is 1. The summed E-state index contributed by atoms with van der Waals surface area (Å²) in [6, 6.07) is 11.5. The number of ether oxygens (including phenoxy) is 2. The number of non-ortho nitro benzene ring substituents is 1. The summed E-state index contributed by atoms with van der Waals surface area (Å²) in [5.41, 5.74) is -0.580. The van der Waals surface area contributed by atoms with Gasteiger partial charge in [0.2, 0.25) is 0 Å². The van der Waals surface area contributed by atoms with E-state index in [1.807, 2.05) is 0 Å². The molecule has 1 heterocycles. The summed E-state index contributed by atoms with van der Waals surface area (Å²) >= 11 is 0. The summed E-state index contributed by atoms with van der Waals surface area (Å²) in [5, 5.41) is 22.9. The third-order valence-corrected chi connectivity index (χ3v) is 5.77. The Labute approximate surface area is 172 Å². The van der Waals surface area contributed by atoms with Gasteiger partial charge < -0.3 is 19.5 Å². The fraction of sp³-hybridized carbons (Fsp3) is 0.333. The first-order valence-corrected chi connectivity index (χ1v) is 9.19. The zero-order valence-electron chi connectivity index (χ0n) is 16.7. The van der Waals surface area contributed by atoms with E-state index in [9.17, 15) is 24.9 Å². The van der Waals surface area contributed by atoms with E-state index >= 15 is 0 Å². The highest BCUT2D eigenvalue weighted by molar-refractivity contribution is 5.84. The molecule has 1 N–H and O–H groups in total. The van der Waals surface area contributed by atoms with Crippen LogP contribution in [0.1, 0.15) is 30.0 Å². The molecule has 1 fully saturated rings. The lowest BCUT2D eigenvalue weighted by Crippen LogP contribution is -2.51. The van der Waals surface area contributed by atoms with E-state index in [-0.39, 0.29) is 5.69 Å². The van der Waals surface area contributed by atoms with Crippen LogP contribution in [0, 0.1) is 16.0 Å². The summed E-state index contributed by atoms with van der Waals surface area (Å²) in [6.45, 7) is 1.51. The molecule has 9 heteroatoms. The minimum absolute atomic E-state index is 0.119. The first-order chi connectivity index (χ1) is 14.3. The zero-order valence-corrected chi connectivity index (χ0v) is 16.7. The first-order valence-electron chi connectivity index (χ1n) is 9.19. The summed E-state index contributed by atoms with van der Waals surface area (Å²) in [4.78, 5) is 35.4. The zero-order chi connectivity index (χ0) is 22.1. The highest BCUT2D eigenvalue weighted by atomic mass is 16.6. The van der Waals surface area contributed by atoms with Crippen molar-refractivity contribution in [3.05, 3.63) is 69.8 Å². The molecule has 1 saturated heterocycles. The number of carbonyl (C=O) groups is 2. The molecule has 1 aliphatic rings. The Morgan fingerprint density at radius 2 is 1.70 bits per heavy atom. The van der Waals surface area contributed by atoms with Crippen molar-refractivity contribution in [2.45, 2.75) is 24.4 Å². The number of nitro benzene ring substituents is 1. The van der Waals surface area contributed by atoms with Crippen LogP contribution >= 0.6 is 0 Å². The van der Waals surface area contributed by atoms with Crippen LogP contribution in [0.2, 0.25) is 0 Å². The third-order valence-electron chi connectivity index (χ3n) is 5.77. The van der Waals surface area contributed by atoms with Crippen LogP contribution in [0.5, 0.6) is 5.75 Å². The van der Waals surface area contributed by atoms with E-state index in [2.05, 4.69) is 0 Å². The van der Waals surface area contributed by atoms with Crippen molar-refractivity contribution in [2.75, 3.05) is 14.2 Å². The highest BCUT2D eigenvalue weighted by Crippen LogP contribution is 2.54. The predicted octanol–water partition coefficient (Wildman–Crippen LogP) is 2.88. The maximum atomic E-state index is 12.8. The molecule has 0 unspecified atom stereocenters. The molecule has 0 aromatic heterocycles. The molecular formula is C21H22N2O7. The molecule has 4 atom stereocenters. The van der Waals surface area contributed by atoms with E-state index in [0.717, 1.165) is 5.06 Å². The number of hydrogen-bond donors (Lipinski definition) is 1. The minimum Gasteiger partial charge on any atom is -0.497 e. The smallest absolute Gasteiger partial charge is 0.329 e. The number of hydrogen-bond acceptors (Lipinski definition) is 8. The summed E-state index contributed by atoms with van der Waals surface area (Å²) in [5.74, 6) is -1.67. The molecule has 30 heavy (non-hydrogen) atoms. The first kappa shape index (κ1) is 21.4. The maximum Gasteiger partial charge on any atom is 0.329 e. The lowest BCUT2D eigenvalue weighted by atomic mass is 9.75. The predicted molar refractivity (Wildman–Crippen MR) is 105 cm³/mol. The van der Waals surface area contributed by atoms with Crippen molar-refractivity contribution in [2.24, 2.45) is 5.92 Å². The topological polar surface area (TPSA) is 119 Å². The van der Waals surface area contributed by atoms with Gasteiger partial charge in [-0.25, -0.2) is 4.79 Å². The fourth-order valence-electron chi connectivity index (χ4n) is 4.25. The van der Waals surface area contributed by atoms with Crippen molar-refractivity contribution < 1.29 is 29.2 Å². The summed E-state index contributed by atoms with van der Waals surface area (Å²) in [7, 11) is 2.74. The van der Waals surface area contributed by atoms with Crippen molar-refractivity contribution >= 4 is 17.9 Å². The fourth-order valence-corrected chi connectivity index (χ4v) is 4.25. The average Bonchev–Trinajstić information content (AvgIpc) is 3.00. The normalized spacial score (nSPS) is 26.2. The Balaban J connectivity index is 2.14. The summed E-state index contributed by atoms with van der Waals surface area (Å²) < 4.78 is 10.1. The van der Waals surface area contributed by atoms with Crippen LogP contribution in [0.4, 0.5) is 5.69 Å². The minimum atomic E-state index is -1.57. The van der Waals surface area contributed by atoms with Crippen LogP contribution < -0.4 is 4.74 Å². The maximum absolute atomic E-state index is 12.8. The number of aldehydes is 1. The number of rotatable bonds is 6. The van der Waals surface area contributed by atoms with Crippen LogP contribution in [-0.2, 0) is 14.3 Å². The second-order valence-electron chi connectivity index (χ2n) is 7.24. The molecule has 2 aromatic rings. The van der Waals surface area contributed by atoms with Gasteiger partial charge in [-0.05, 0) is 30.2 Å². The van der Waals surface area contributed by atoms with E-state index in [1.54, 1.807) is 24.3 Å². The van der Waals surface area contributed by atoms with Gasteiger partial charge in [-0.3, -0.25) is 10.1 Å². The van der Waals surface area contributed by atoms with Gasteiger partial charge in [-0.2, -0.15) is 5.06 Å². The summed E-state index contributed by atoms with van der Waals surface area (Å²) in [6.07, 6.45) is 0.693. The van der Waals surface area contributed by atoms with Gasteiger partial charge in [0.25, 0.3) is 5.69 Å². The van der Waals surface area contributed by atoms with Crippen molar-refractivity contribution in [3.8, 4) is 5.75 Å². The number of hydroxylamine groups is 2. The monoisotopic (exact) mass is 414 g/mol. The molecule has 3 rings (SSSR count). The third kappa shape index (κ3) is 3.31. The van der Waals surface area contributed by atoms with Gasteiger partial charge >= 0.3 is 5.97 Å². The number of nitrogens with zero attached hydrogens (tertiary/aromatic N) is 2. The van der Waals surface area contributed by atoms with Gasteiger partial charge in [0.1, 0.15) is 17.6 Å². The molecule has 158 valence electrons. The van der Waals surface area contributed by atoms with E-state index in [1.165, 1.54) is 45.4 Å². The number of methoxy groups -OCH3 is 2. The van der Waals surface area contributed by atoms with Crippen molar-refractivity contribution in [3.63, 3.8) is 0 Å². The Kier molecular flexibility index (Phi) is 5.86. The van der Waals surface area contributed by atoms with E-state index in [4.69, 9.17) is 9.47 Å². The molecule has 0 saturated carbocycles. The lowest BCUT2D eigenvalue weighted by Gasteiger charge is -2.34. The molecule has 2 aromatic carbocycles. The van der Waals surface area contributed by atoms with Crippen LogP contribution in [-0.4, -0.2) is 47.2 Å². The van der Waals surface area contributed by atoms with Crippen LogP contribution in [0.15, 0.2) is 48.5 Å². The number of nitro groups is 1. The Hall–Kier alpha value is -3.30. The molecular weight excluding hydrogens is 392 g/mol. The van der Waals surface area contributed by atoms with E-state index in [0.29, 0.717) is 23.2 Å². The molecule has 0 radical (unpaired) electrons. The largest absolute Gasteiger partial charge is 0.497 e. The molecule has 0 amide bonds. The molecule has 0 aliphatic carbocycles. The van der Waals surface area contributed by atoms with Crippen molar-refractivity contribution in [1.29, 1.82) is 0 Å². The number of carbonyl (C=O) groups excluding carboxylic acids is 2. The van der Waals surface area contributed by atoms with Crippen molar-refractivity contribution in [1.82, 2.24) is 5.06 Å². The average molecular weight is 414 g/mol. The second-order valence-corrected chi connectivity index (χ2v) is 7.24.